The molecule has 0 bridgehead atoms. The summed E-state index contributed by atoms with van der Waals surface area (Å²) in [6.45, 7) is 11.1. The van der Waals surface area contributed by atoms with Crippen molar-refractivity contribution >= 4 is 23.7 Å². The van der Waals surface area contributed by atoms with Crippen molar-refractivity contribution < 1.29 is 24.7 Å². The molecule has 9 nitrogen and oxygen atoms in total. The Labute approximate surface area is 184 Å². The highest BCUT2D eigenvalue weighted by Crippen LogP contribution is 2.26. The van der Waals surface area contributed by atoms with Gasteiger partial charge in [-0.25, -0.2) is 9.78 Å². The number of carboxylic acid groups (broad SMARTS) is 1. The molecule has 31 heavy (non-hydrogen) atoms. The number of hydroxylamine groups is 2. The molecule has 1 aromatic heterocycles. The lowest BCUT2D eigenvalue weighted by Gasteiger charge is -2.35. The molecular formula is C22H36N4O5. The third-order valence-electron chi connectivity index (χ3n) is 5.35. The number of aromatic nitrogens is 1. The fourth-order valence-corrected chi connectivity index (χ4v) is 3.56. The van der Waals surface area contributed by atoms with Crippen LogP contribution in [0.2, 0.25) is 0 Å². The number of amides is 3. The first-order chi connectivity index (χ1) is 14.5. The minimum atomic E-state index is -1.52. The summed E-state index contributed by atoms with van der Waals surface area (Å²) in [4.78, 5) is 41.7. The molecule has 9 heteroatoms. The molecule has 3 amide bonds. The lowest BCUT2D eigenvalue weighted by atomic mass is 9.83. The van der Waals surface area contributed by atoms with Gasteiger partial charge in [-0.3, -0.25) is 14.8 Å². The van der Waals surface area contributed by atoms with Crippen molar-refractivity contribution in [1.82, 2.24) is 15.4 Å². The van der Waals surface area contributed by atoms with Gasteiger partial charge in [0.1, 0.15) is 11.9 Å². The molecule has 1 aromatic rings. The normalized spacial score (nSPS) is 15.1. The Kier molecular flexibility index (Phi) is 10.4. The van der Waals surface area contributed by atoms with Gasteiger partial charge in [0.2, 0.25) is 11.8 Å². The summed E-state index contributed by atoms with van der Waals surface area (Å²) in [5.74, 6) is -1.73. The second-order valence-corrected chi connectivity index (χ2v) is 8.67. The van der Waals surface area contributed by atoms with Crippen molar-refractivity contribution in [3.8, 4) is 0 Å². The monoisotopic (exact) mass is 436 g/mol. The van der Waals surface area contributed by atoms with Gasteiger partial charge < -0.3 is 15.7 Å². The van der Waals surface area contributed by atoms with Crippen LogP contribution in [0, 0.1) is 23.7 Å². The lowest BCUT2D eigenvalue weighted by molar-refractivity contribution is -0.148. The summed E-state index contributed by atoms with van der Waals surface area (Å²) in [5.41, 5.74) is 0. The van der Waals surface area contributed by atoms with Gasteiger partial charge in [0.05, 0.1) is 12.0 Å². The number of carbonyl (C=O) groups is 3. The van der Waals surface area contributed by atoms with Gasteiger partial charge in [-0.05, 0) is 36.3 Å². The maximum atomic E-state index is 13.3. The summed E-state index contributed by atoms with van der Waals surface area (Å²) in [6, 6.07) is 3.35. The van der Waals surface area contributed by atoms with Crippen LogP contribution in [0.4, 0.5) is 10.6 Å². The van der Waals surface area contributed by atoms with Gasteiger partial charge in [0.15, 0.2) is 0 Å². The molecule has 0 spiro atoms. The number of nitrogens with one attached hydrogen (secondary N) is 2. The minimum absolute atomic E-state index is 0.0728. The Bertz CT molecular complexity index is 726. The van der Waals surface area contributed by atoms with E-state index >= 15 is 0 Å². The number of carbonyl (C=O) groups excluding carboxylic acids is 2. The number of pyridine rings is 1. The largest absolute Gasteiger partial charge is 0.463 e. The van der Waals surface area contributed by atoms with Crippen molar-refractivity contribution in [1.29, 1.82) is 0 Å². The summed E-state index contributed by atoms with van der Waals surface area (Å²) < 4.78 is 0. The molecule has 0 radical (unpaired) electrons. The fraction of sp³-hybridized carbons (Fsp3) is 0.636. The standard InChI is InChI=1S/C22H36N4O5/c1-7-15(6)18(21(28)24-17-10-8-9-11-23-17)25-20(27)16(12-13(2)3)19(14(4)5)26(31)22(29)30/h8-11,13-16,18-19,31H,7,12H2,1-6H3,(H,25,27)(H,29,30)(H,23,24,28)/t15-,16+,18?,19-/m0/s1. The molecule has 1 rings (SSSR count). The zero-order chi connectivity index (χ0) is 23.7. The van der Waals surface area contributed by atoms with E-state index in [9.17, 15) is 24.7 Å². The molecule has 0 saturated carbocycles. The molecule has 1 unspecified atom stereocenters. The van der Waals surface area contributed by atoms with Gasteiger partial charge in [-0.15, -0.1) is 0 Å². The Morgan fingerprint density at radius 3 is 2.19 bits per heavy atom. The third kappa shape index (κ3) is 7.82. The molecule has 4 atom stereocenters. The Morgan fingerprint density at radius 1 is 1.10 bits per heavy atom. The van der Waals surface area contributed by atoms with Crippen LogP contribution >= 0.6 is 0 Å². The molecule has 4 N–H and O–H groups in total. The average Bonchev–Trinajstić information content (AvgIpc) is 2.70. The number of hydrogen-bond acceptors (Lipinski definition) is 5. The van der Waals surface area contributed by atoms with E-state index in [1.165, 1.54) is 0 Å². The van der Waals surface area contributed by atoms with Gasteiger partial charge >= 0.3 is 6.09 Å². The van der Waals surface area contributed by atoms with Gasteiger partial charge in [0.25, 0.3) is 0 Å². The Morgan fingerprint density at radius 2 is 1.74 bits per heavy atom. The SMILES string of the molecule is CC[C@H](C)C(NC(=O)[C@H](CC(C)C)[C@H](C(C)C)N(O)C(=O)O)C(=O)Nc1ccccn1. The molecule has 0 aliphatic carbocycles. The summed E-state index contributed by atoms with van der Waals surface area (Å²) in [6.07, 6.45) is 1.03. The fourth-order valence-electron chi connectivity index (χ4n) is 3.56. The van der Waals surface area contributed by atoms with Crippen molar-refractivity contribution in [2.24, 2.45) is 23.7 Å². The quantitative estimate of drug-likeness (QED) is 0.309. The maximum absolute atomic E-state index is 13.3. The highest BCUT2D eigenvalue weighted by atomic mass is 16.6. The topological polar surface area (TPSA) is 132 Å². The smallest absolute Gasteiger partial charge is 0.431 e. The van der Waals surface area contributed by atoms with E-state index in [1.54, 1.807) is 38.2 Å². The van der Waals surface area contributed by atoms with Crippen molar-refractivity contribution in [2.45, 2.75) is 66.5 Å². The zero-order valence-electron chi connectivity index (χ0n) is 19.2. The summed E-state index contributed by atoms with van der Waals surface area (Å²) >= 11 is 0. The summed E-state index contributed by atoms with van der Waals surface area (Å²) in [5, 5.41) is 25.2. The molecule has 0 saturated heterocycles. The molecule has 0 aromatic carbocycles. The number of anilines is 1. The van der Waals surface area contributed by atoms with Crippen LogP contribution in [0.3, 0.4) is 0 Å². The third-order valence-corrected chi connectivity index (χ3v) is 5.35. The first-order valence-corrected chi connectivity index (χ1v) is 10.7. The van der Waals surface area contributed by atoms with Crippen LogP contribution in [0.1, 0.15) is 54.4 Å². The van der Waals surface area contributed by atoms with E-state index in [0.717, 1.165) is 0 Å². The van der Waals surface area contributed by atoms with Crippen molar-refractivity contribution in [3.05, 3.63) is 24.4 Å². The molecule has 0 fully saturated rings. The first-order valence-electron chi connectivity index (χ1n) is 10.7. The van der Waals surface area contributed by atoms with E-state index in [1.807, 2.05) is 27.7 Å². The van der Waals surface area contributed by atoms with Crippen LogP contribution in [-0.4, -0.2) is 50.4 Å². The van der Waals surface area contributed by atoms with Crippen molar-refractivity contribution in [2.75, 3.05) is 5.32 Å². The predicted molar refractivity (Wildman–Crippen MR) is 117 cm³/mol. The second-order valence-electron chi connectivity index (χ2n) is 8.67. The Balaban J connectivity index is 3.16. The first kappa shape index (κ1) is 26.4. The van der Waals surface area contributed by atoms with Crippen LogP contribution in [0.5, 0.6) is 0 Å². The number of hydrogen-bond donors (Lipinski definition) is 4. The zero-order valence-corrected chi connectivity index (χ0v) is 19.2. The van der Waals surface area contributed by atoms with E-state index in [4.69, 9.17) is 0 Å². The molecule has 0 aliphatic heterocycles. The van der Waals surface area contributed by atoms with E-state index in [0.29, 0.717) is 18.7 Å². The minimum Gasteiger partial charge on any atom is -0.463 e. The van der Waals surface area contributed by atoms with E-state index in [2.05, 4.69) is 15.6 Å². The Hall–Kier alpha value is -2.68. The van der Waals surface area contributed by atoms with Crippen LogP contribution in [0.25, 0.3) is 0 Å². The van der Waals surface area contributed by atoms with Gasteiger partial charge in [0, 0.05) is 6.20 Å². The van der Waals surface area contributed by atoms with Gasteiger partial charge in [-0.1, -0.05) is 54.0 Å². The van der Waals surface area contributed by atoms with Crippen LogP contribution < -0.4 is 10.6 Å². The number of nitrogens with zero attached hydrogens (tertiary/aromatic N) is 2. The van der Waals surface area contributed by atoms with Crippen LogP contribution in [0.15, 0.2) is 24.4 Å². The predicted octanol–water partition coefficient (Wildman–Crippen LogP) is 3.61. The molecule has 1 heterocycles. The van der Waals surface area contributed by atoms with E-state index < -0.39 is 35.9 Å². The lowest BCUT2D eigenvalue weighted by Crippen LogP contribution is -2.55. The number of rotatable bonds is 11. The van der Waals surface area contributed by atoms with Crippen molar-refractivity contribution in [3.63, 3.8) is 0 Å². The molecule has 174 valence electrons. The average molecular weight is 437 g/mol. The highest BCUT2D eigenvalue weighted by molar-refractivity contribution is 5.97. The van der Waals surface area contributed by atoms with Crippen LogP contribution in [-0.2, 0) is 9.59 Å². The molecular weight excluding hydrogens is 400 g/mol. The summed E-state index contributed by atoms with van der Waals surface area (Å²) in [7, 11) is 0. The van der Waals surface area contributed by atoms with Gasteiger partial charge in [-0.2, -0.15) is 5.06 Å². The maximum Gasteiger partial charge on any atom is 0.431 e. The molecule has 0 aliphatic rings. The van der Waals surface area contributed by atoms with E-state index in [-0.39, 0.29) is 22.8 Å². The highest BCUT2D eigenvalue weighted by Gasteiger charge is 2.39. The second kappa shape index (κ2) is 12.2.